The number of hydrogen-bond donors (Lipinski definition) is 1. The number of anilines is 1. The maximum atomic E-state index is 13.0. The summed E-state index contributed by atoms with van der Waals surface area (Å²) < 4.78 is 11.1. The number of fused-ring (bicyclic) bond motifs is 1. The van der Waals surface area contributed by atoms with Gasteiger partial charge in [-0.2, -0.15) is 0 Å². The highest BCUT2D eigenvalue weighted by Crippen LogP contribution is 2.37. The number of thiophene rings is 1. The topological polar surface area (TPSA) is 116 Å². The van der Waals surface area contributed by atoms with Crippen LogP contribution < -0.4 is 11.1 Å². The van der Waals surface area contributed by atoms with E-state index in [9.17, 15) is 14.4 Å². The summed E-state index contributed by atoms with van der Waals surface area (Å²) in [5, 5.41) is 7.24. The number of carbonyl (C=O) groups excluding carboxylic acids is 2. The van der Waals surface area contributed by atoms with Crippen molar-refractivity contribution in [1.29, 1.82) is 0 Å². The van der Waals surface area contributed by atoms with Gasteiger partial charge in [-0.1, -0.05) is 35.5 Å². The molecule has 1 amide bonds. The Balaban J connectivity index is 1.71. The number of ether oxygens (including phenoxy) is 1. The average Bonchev–Trinajstić information content (AvgIpc) is 3.29. The number of rotatable bonds is 6. The van der Waals surface area contributed by atoms with Gasteiger partial charge in [-0.15, -0.1) is 11.3 Å². The number of amides is 1. The molecule has 0 fully saturated rings. The third-order valence-corrected chi connectivity index (χ3v) is 5.80. The zero-order valence-corrected chi connectivity index (χ0v) is 18.5. The Morgan fingerprint density at radius 3 is 2.69 bits per heavy atom. The molecule has 0 atom stereocenters. The van der Waals surface area contributed by atoms with Crippen LogP contribution in [-0.4, -0.2) is 33.2 Å². The molecule has 0 aliphatic rings. The summed E-state index contributed by atoms with van der Waals surface area (Å²) >= 11 is 1.15. The van der Waals surface area contributed by atoms with Crippen molar-refractivity contribution in [2.24, 2.45) is 0 Å². The molecule has 4 rings (SSSR count). The van der Waals surface area contributed by atoms with Crippen LogP contribution in [0.3, 0.4) is 0 Å². The molecule has 0 saturated carbocycles. The lowest BCUT2D eigenvalue weighted by Gasteiger charge is -2.09. The van der Waals surface area contributed by atoms with Crippen LogP contribution in [0.5, 0.6) is 0 Å². The monoisotopic (exact) mass is 452 g/mol. The molecule has 1 aromatic carbocycles. The van der Waals surface area contributed by atoms with Gasteiger partial charge in [-0.3, -0.25) is 9.32 Å². The van der Waals surface area contributed by atoms with Crippen molar-refractivity contribution >= 4 is 39.1 Å². The van der Waals surface area contributed by atoms with E-state index < -0.39 is 17.6 Å². The van der Waals surface area contributed by atoms with Crippen LogP contribution >= 0.6 is 11.3 Å². The molecular weight excluding hydrogens is 432 g/mol. The van der Waals surface area contributed by atoms with Crippen LogP contribution in [0, 0.1) is 13.8 Å². The zero-order chi connectivity index (χ0) is 22.8. The van der Waals surface area contributed by atoms with E-state index in [0.717, 1.165) is 27.2 Å². The number of aromatic nitrogens is 3. The van der Waals surface area contributed by atoms with Crippen molar-refractivity contribution in [3.8, 4) is 11.4 Å². The minimum atomic E-state index is -0.756. The highest BCUT2D eigenvalue weighted by molar-refractivity contribution is 7.21. The standard InChI is InChI=1S/C22H20N4O5S/c1-4-30-21(28)18-17(16-12(2)10-13(3)23-20(16)32-18)24-15(27)11-26-19(25-31-22(26)29)14-8-6-5-7-9-14/h5-10H,4,11H2,1-3H3,(H,24,27). The Hall–Kier alpha value is -3.79. The summed E-state index contributed by atoms with van der Waals surface area (Å²) in [6, 6.07) is 10.8. The fraction of sp³-hybridized carbons (Fsp3) is 0.227. The Labute approximate surface area is 186 Å². The van der Waals surface area contributed by atoms with Crippen molar-refractivity contribution in [3.63, 3.8) is 0 Å². The SMILES string of the molecule is CCOC(=O)c1sc2nc(C)cc(C)c2c1NC(=O)Cn1c(-c2ccccc2)noc1=O. The molecule has 0 saturated heterocycles. The molecule has 4 aromatic rings. The summed E-state index contributed by atoms with van der Waals surface area (Å²) in [7, 11) is 0. The van der Waals surface area contributed by atoms with Crippen molar-refractivity contribution < 1.29 is 18.8 Å². The highest BCUT2D eigenvalue weighted by Gasteiger charge is 2.24. The minimum absolute atomic E-state index is 0.197. The molecule has 3 aromatic heterocycles. The van der Waals surface area contributed by atoms with E-state index in [-0.39, 0.29) is 23.9 Å². The van der Waals surface area contributed by atoms with Crippen molar-refractivity contribution in [3.05, 3.63) is 63.1 Å². The van der Waals surface area contributed by atoms with Gasteiger partial charge in [0, 0.05) is 16.6 Å². The molecule has 10 heteroatoms. The van der Waals surface area contributed by atoms with Crippen molar-refractivity contribution in [2.75, 3.05) is 11.9 Å². The Bertz CT molecular complexity index is 1370. The van der Waals surface area contributed by atoms with Crippen LogP contribution in [0.1, 0.15) is 27.9 Å². The fourth-order valence-electron chi connectivity index (χ4n) is 3.43. The highest BCUT2D eigenvalue weighted by atomic mass is 32.1. The summed E-state index contributed by atoms with van der Waals surface area (Å²) in [6.45, 7) is 5.30. The van der Waals surface area contributed by atoms with E-state index in [1.54, 1.807) is 31.2 Å². The molecule has 3 heterocycles. The smallest absolute Gasteiger partial charge is 0.442 e. The maximum absolute atomic E-state index is 13.0. The first-order chi connectivity index (χ1) is 15.4. The first-order valence-corrected chi connectivity index (χ1v) is 10.7. The minimum Gasteiger partial charge on any atom is -0.462 e. The third kappa shape index (κ3) is 4.04. The van der Waals surface area contributed by atoms with Gasteiger partial charge < -0.3 is 10.1 Å². The Kier molecular flexibility index (Phi) is 5.87. The number of nitrogens with zero attached hydrogens (tertiary/aromatic N) is 3. The van der Waals surface area contributed by atoms with Gasteiger partial charge in [0.25, 0.3) is 0 Å². The van der Waals surface area contributed by atoms with Gasteiger partial charge in [0.2, 0.25) is 5.91 Å². The number of carbonyl (C=O) groups is 2. The number of pyridine rings is 1. The molecule has 0 aliphatic heterocycles. The molecule has 0 spiro atoms. The van der Waals surface area contributed by atoms with Gasteiger partial charge >= 0.3 is 11.7 Å². The number of aryl methyl sites for hydroxylation is 2. The predicted octanol–water partition coefficient (Wildman–Crippen LogP) is 3.55. The molecule has 0 bridgehead atoms. The molecule has 0 aliphatic carbocycles. The lowest BCUT2D eigenvalue weighted by atomic mass is 10.1. The maximum Gasteiger partial charge on any atom is 0.442 e. The lowest BCUT2D eigenvalue weighted by Crippen LogP contribution is -2.26. The van der Waals surface area contributed by atoms with E-state index in [0.29, 0.717) is 21.5 Å². The Morgan fingerprint density at radius 2 is 1.97 bits per heavy atom. The molecule has 0 unspecified atom stereocenters. The van der Waals surface area contributed by atoms with Gasteiger partial charge in [0.15, 0.2) is 5.82 Å². The lowest BCUT2D eigenvalue weighted by molar-refractivity contribution is -0.116. The average molecular weight is 452 g/mol. The van der Waals surface area contributed by atoms with E-state index in [1.165, 1.54) is 0 Å². The summed E-state index contributed by atoms with van der Waals surface area (Å²) in [5.41, 5.74) is 2.62. The number of nitrogens with one attached hydrogen (secondary N) is 1. The Morgan fingerprint density at radius 1 is 1.22 bits per heavy atom. The number of benzene rings is 1. The van der Waals surface area contributed by atoms with Gasteiger partial charge in [-0.05, 0) is 32.4 Å². The second-order valence-electron chi connectivity index (χ2n) is 7.06. The predicted molar refractivity (Wildman–Crippen MR) is 120 cm³/mol. The largest absolute Gasteiger partial charge is 0.462 e. The van der Waals surface area contributed by atoms with Crippen LogP contribution in [0.4, 0.5) is 5.69 Å². The van der Waals surface area contributed by atoms with Crippen molar-refractivity contribution in [1.82, 2.24) is 14.7 Å². The molecule has 164 valence electrons. The van der Waals surface area contributed by atoms with Crippen molar-refractivity contribution in [2.45, 2.75) is 27.3 Å². The van der Waals surface area contributed by atoms with Gasteiger partial charge in [0.05, 0.1) is 12.3 Å². The second kappa shape index (κ2) is 8.75. The molecule has 32 heavy (non-hydrogen) atoms. The zero-order valence-electron chi connectivity index (χ0n) is 17.7. The summed E-state index contributed by atoms with van der Waals surface area (Å²) in [5.74, 6) is -1.58. The molecule has 9 nitrogen and oxygen atoms in total. The van der Waals surface area contributed by atoms with E-state index in [4.69, 9.17) is 9.26 Å². The first-order valence-electron chi connectivity index (χ1n) is 9.88. The first kappa shape index (κ1) is 21.4. The van der Waals surface area contributed by atoms with Gasteiger partial charge in [-0.25, -0.2) is 19.1 Å². The molecule has 0 radical (unpaired) electrons. The summed E-state index contributed by atoms with van der Waals surface area (Å²) in [6.07, 6.45) is 0. The van der Waals surface area contributed by atoms with Crippen LogP contribution in [-0.2, 0) is 16.1 Å². The number of esters is 1. The second-order valence-corrected chi connectivity index (χ2v) is 8.06. The molecular formula is C22H20N4O5S. The van der Waals surface area contributed by atoms with E-state index in [1.807, 2.05) is 26.0 Å². The summed E-state index contributed by atoms with van der Waals surface area (Å²) in [4.78, 5) is 43.1. The van der Waals surface area contributed by atoms with Crippen LogP contribution in [0.25, 0.3) is 21.6 Å². The number of hydrogen-bond acceptors (Lipinski definition) is 8. The van der Waals surface area contributed by atoms with E-state index >= 15 is 0 Å². The fourth-order valence-corrected chi connectivity index (χ4v) is 4.57. The van der Waals surface area contributed by atoms with Crippen LogP contribution in [0.2, 0.25) is 0 Å². The normalized spacial score (nSPS) is 11.0. The quantitative estimate of drug-likeness (QED) is 0.445. The van der Waals surface area contributed by atoms with E-state index in [2.05, 4.69) is 15.5 Å². The molecule has 1 N–H and O–H groups in total. The third-order valence-electron chi connectivity index (χ3n) is 4.73. The van der Waals surface area contributed by atoms with Gasteiger partial charge in [0.1, 0.15) is 16.3 Å². The van der Waals surface area contributed by atoms with Crippen LogP contribution in [0.15, 0.2) is 45.7 Å².